The van der Waals surface area contributed by atoms with Crippen molar-refractivity contribution in [3.8, 4) is 0 Å². The summed E-state index contributed by atoms with van der Waals surface area (Å²) in [6.07, 6.45) is 6.46. The van der Waals surface area contributed by atoms with Crippen LogP contribution in [-0.2, 0) is 4.79 Å². The Morgan fingerprint density at radius 3 is 2.27 bits per heavy atom. The third-order valence-corrected chi connectivity index (χ3v) is 4.14. The molecule has 2 nitrogen and oxygen atoms in total. The maximum Gasteiger partial charge on any atom is 0.132 e. The van der Waals surface area contributed by atoms with Gasteiger partial charge in [0.25, 0.3) is 0 Å². The molecule has 1 aliphatic rings. The lowest BCUT2D eigenvalue weighted by atomic mass is 9.88. The third-order valence-electron chi connectivity index (χ3n) is 4.14. The van der Waals surface area contributed by atoms with E-state index >= 15 is 0 Å². The molecular weight excluding hydrogens is 277 g/mol. The summed E-state index contributed by atoms with van der Waals surface area (Å²) in [5, 5.41) is 0. The summed E-state index contributed by atoms with van der Waals surface area (Å²) < 4.78 is 12.1. The van der Waals surface area contributed by atoms with Gasteiger partial charge in [-0.25, -0.2) is 4.39 Å². The van der Waals surface area contributed by atoms with Crippen molar-refractivity contribution in [1.29, 1.82) is 0 Å². The van der Waals surface area contributed by atoms with E-state index in [0.29, 0.717) is 5.78 Å². The summed E-state index contributed by atoms with van der Waals surface area (Å²) in [6.45, 7) is 6.56. The Hall–Kier alpha value is -1.22. The smallest absolute Gasteiger partial charge is 0.132 e. The molecule has 22 heavy (non-hydrogen) atoms. The van der Waals surface area contributed by atoms with Gasteiger partial charge in [-0.3, -0.25) is 4.79 Å². The van der Waals surface area contributed by atoms with Crippen LogP contribution in [0.5, 0.6) is 0 Å². The standard InChI is InChI=1S/C12H23NO.C7H7F/c1-3-4-9-13(2)10-11-5-7-12(14)8-6-11;1-6-2-4-7(8)5-3-6/h11H,3-10H2,1-2H3;2-5H,1H3. The van der Waals surface area contributed by atoms with Crippen LogP contribution < -0.4 is 0 Å². The number of nitrogens with zero attached hydrogens (tertiary/aromatic N) is 1. The summed E-state index contributed by atoms with van der Waals surface area (Å²) in [5.74, 6) is 1.07. The molecule has 0 spiro atoms. The highest BCUT2D eigenvalue weighted by Crippen LogP contribution is 2.22. The van der Waals surface area contributed by atoms with Crippen molar-refractivity contribution in [2.24, 2.45) is 5.92 Å². The average molecular weight is 307 g/mol. The van der Waals surface area contributed by atoms with E-state index < -0.39 is 0 Å². The van der Waals surface area contributed by atoms with Crippen molar-refractivity contribution >= 4 is 5.78 Å². The highest BCUT2D eigenvalue weighted by Gasteiger charge is 2.19. The monoisotopic (exact) mass is 307 g/mol. The van der Waals surface area contributed by atoms with Crippen molar-refractivity contribution in [2.75, 3.05) is 20.1 Å². The minimum atomic E-state index is -0.171. The van der Waals surface area contributed by atoms with Crippen LogP contribution in [0.1, 0.15) is 51.0 Å². The molecular formula is C19H30FNO. The molecule has 0 atom stereocenters. The Kier molecular flexibility index (Phi) is 8.98. The second-order valence-corrected chi connectivity index (χ2v) is 6.39. The Bertz CT molecular complexity index is 399. The molecule has 0 heterocycles. The summed E-state index contributed by atoms with van der Waals surface area (Å²) in [7, 11) is 2.20. The Morgan fingerprint density at radius 1 is 1.18 bits per heavy atom. The predicted octanol–water partition coefficient (Wildman–Crippen LogP) is 4.61. The van der Waals surface area contributed by atoms with E-state index in [1.165, 1.54) is 38.1 Å². The number of unbranched alkanes of at least 4 members (excludes halogenated alkanes) is 1. The summed E-state index contributed by atoms with van der Waals surface area (Å²) in [5.41, 5.74) is 1.09. The lowest BCUT2D eigenvalue weighted by Crippen LogP contribution is -2.29. The normalized spacial score (nSPS) is 15.6. The zero-order chi connectivity index (χ0) is 16.4. The second-order valence-electron chi connectivity index (χ2n) is 6.39. The fourth-order valence-corrected chi connectivity index (χ4v) is 2.68. The predicted molar refractivity (Wildman–Crippen MR) is 90.5 cm³/mol. The highest BCUT2D eigenvalue weighted by molar-refractivity contribution is 5.79. The summed E-state index contributed by atoms with van der Waals surface area (Å²) in [6, 6.07) is 6.40. The van der Waals surface area contributed by atoms with Gasteiger partial charge in [-0.15, -0.1) is 0 Å². The van der Waals surface area contributed by atoms with Crippen LogP contribution >= 0.6 is 0 Å². The molecule has 0 aliphatic heterocycles. The van der Waals surface area contributed by atoms with Crippen molar-refractivity contribution in [2.45, 2.75) is 52.4 Å². The summed E-state index contributed by atoms with van der Waals surface area (Å²) >= 11 is 0. The SMILES string of the molecule is CCCCN(C)CC1CCC(=O)CC1.Cc1ccc(F)cc1. The first-order chi connectivity index (χ1) is 10.5. The fraction of sp³-hybridized carbons (Fsp3) is 0.632. The first-order valence-electron chi connectivity index (χ1n) is 8.43. The number of carbonyl (C=O) groups is 1. The van der Waals surface area contributed by atoms with E-state index in [1.807, 2.05) is 6.92 Å². The van der Waals surface area contributed by atoms with Crippen LogP contribution in [0.25, 0.3) is 0 Å². The van der Waals surface area contributed by atoms with Gasteiger partial charge in [-0.05, 0) is 57.8 Å². The Morgan fingerprint density at radius 2 is 1.77 bits per heavy atom. The lowest BCUT2D eigenvalue weighted by molar-refractivity contribution is -0.121. The first-order valence-corrected chi connectivity index (χ1v) is 8.43. The molecule has 0 N–H and O–H groups in total. The number of halogens is 1. The maximum absolute atomic E-state index is 12.1. The number of carbonyl (C=O) groups excluding carboxylic acids is 1. The van der Waals surface area contributed by atoms with Crippen molar-refractivity contribution in [3.05, 3.63) is 35.6 Å². The molecule has 0 aromatic heterocycles. The quantitative estimate of drug-likeness (QED) is 0.791. The molecule has 0 saturated heterocycles. The zero-order valence-corrected chi connectivity index (χ0v) is 14.3. The molecule has 3 heteroatoms. The van der Waals surface area contributed by atoms with Gasteiger partial charge in [-0.2, -0.15) is 0 Å². The second kappa shape index (κ2) is 10.5. The molecule has 2 rings (SSSR count). The molecule has 1 aromatic rings. The van der Waals surface area contributed by atoms with Crippen molar-refractivity contribution in [1.82, 2.24) is 4.90 Å². The van der Waals surface area contributed by atoms with Crippen LogP contribution in [0.2, 0.25) is 0 Å². The van der Waals surface area contributed by atoms with Gasteiger partial charge in [0.2, 0.25) is 0 Å². The van der Waals surface area contributed by atoms with E-state index in [1.54, 1.807) is 12.1 Å². The van der Waals surface area contributed by atoms with Gasteiger partial charge in [0.1, 0.15) is 11.6 Å². The Balaban J connectivity index is 0.000000255. The molecule has 0 radical (unpaired) electrons. The molecule has 124 valence electrons. The summed E-state index contributed by atoms with van der Waals surface area (Å²) in [4.78, 5) is 13.5. The third kappa shape index (κ3) is 8.28. The lowest BCUT2D eigenvalue weighted by Gasteiger charge is -2.26. The van der Waals surface area contributed by atoms with Crippen LogP contribution in [0, 0.1) is 18.7 Å². The molecule has 0 bridgehead atoms. The molecule has 1 aromatic carbocycles. The van der Waals surface area contributed by atoms with Gasteiger partial charge in [0, 0.05) is 19.4 Å². The van der Waals surface area contributed by atoms with Gasteiger partial charge in [0.15, 0.2) is 0 Å². The minimum absolute atomic E-state index is 0.171. The minimum Gasteiger partial charge on any atom is -0.306 e. The number of ketones is 1. The maximum atomic E-state index is 12.1. The van der Waals surface area contributed by atoms with Gasteiger partial charge in [-0.1, -0.05) is 31.0 Å². The number of rotatable bonds is 5. The van der Waals surface area contributed by atoms with E-state index in [-0.39, 0.29) is 5.82 Å². The zero-order valence-electron chi connectivity index (χ0n) is 14.3. The van der Waals surface area contributed by atoms with E-state index in [2.05, 4.69) is 18.9 Å². The number of hydrogen-bond acceptors (Lipinski definition) is 2. The Labute approximate surface area is 134 Å². The van der Waals surface area contributed by atoms with E-state index in [9.17, 15) is 9.18 Å². The largest absolute Gasteiger partial charge is 0.306 e. The number of aryl methyl sites for hydroxylation is 1. The molecule has 1 saturated carbocycles. The fourth-order valence-electron chi connectivity index (χ4n) is 2.68. The number of benzene rings is 1. The van der Waals surface area contributed by atoms with Crippen LogP contribution in [0.3, 0.4) is 0 Å². The van der Waals surface area contributed by atoms with E-state index in [4.69, 9.17) is 0 Å². The van der Waals surface area contributed by atoms with Crippen LogP contribution in [-0.4, -0.2) is 30.8 Å². The van der Waals surface area contributed by atoms with Crippen molar-refractivity contribution < 1.29 is 9.18 Å². The van der Waals surface area contributed by atoms with Crippen LogP contribution in [0.4, 0.5) is 4.39 Å². The number of Topliss-reactive ketones (excluding diaryl/α,β-unsaturated/α-hetero) is 1. The number of hydrogen-bond donors (Lipinski definition) is 0. The molecule has 1 fully saturated rings. The molecule has 0 amide bonds. The highest BCUT2D eigenvalue weighted by atomic mass is 19.1. The molecule has 1 aliphatic carbocycles. The topological polar surface area (TPSA) is 20.3 Å². The van der Waals surface area contributed by atoms with Gasteiger partial charge < -0.3 is 4.90 Å². The van der Waals surface area contributed by atoms with Crippen molar-refractivity contribution in [3.63, 3.8) is 0 Å². The average Bonchev–Trinajstić information content (AvgIpc) is 2.51. The van der Waals surface area contributed by atoms with Gasteiger partial charge >= 0.3 is 0 Å². The van der Waals surface area contributed by atoms with E-state index in [0.717, 1.165) is 37.2 Å². The van der Waals surface area contributed by atoms with Crippen LogP contribution in [0.15, 0.2) is 24.3 Å². The first kappa shape index (κ1) is 18.8. The molecule has 0 unspecified atom stereocenters. The van der Waals surface area contributed by atoms with Gasteiger partial charge in [0.05, 0.1) is 0 Å².